The molecule has 100 valence electrons. The summed E-state index contributed by atoms with van der Waals surface area (Å²) < 4.78 is 0. The Morgan fingerprint density at radius 3 is 2.67 bits per heavy atom. The molecule has 1 aromatic rings. The SMILES string of the molecule is CN(CC(=O)NC(C)(C)CN)C(=O)c1cccs1. The maximum atomic E-state index is 11.9. The number of rotatable bonds is 5. The van der Waals surface area contributed by atoms with Crippen LogP contribution >= 0.6 is 11.3 Å². The predicted molar refractivity (Wildman–Crippen MR) is 72.6 cm³/mol. The maximum Gasteiger partial charge on any atom is 0.264 e. The number of carbonyl (C=O) groups is 2. The molecule has 1 heterocycles. The summed E-state index contributed by atoms with van der Waals surface area (Å²) in [5.41, 5.74) is 5.07. The van der Waals surface area contributed by atoms with E-state index in [1.54, 1.807) is 13.1 Å². The Kier molecular flexibility index (Phi) is 4.86. The van der Waals surface area contributed by atoms with Crippen LogP contribution in [-0.4, -0.2) is 42.4 Å². The van der Waals surface area contributed by atoms with E-state index in [1.807, 2.05) is 25.3 Å². The number of nitrogens with two attached hydrogens (primary N) is 1. The lowest BCUT2D eigenvalue weighted by Crippen LogP contribution is -2.51. The van der Waals surface area contributed by atoms with Crippen molar-refractivity contribution in [3.63, 3.8) is 0 Å². The van der Waals surface area contributed by atoms with Gasteiger partial charge in [-0.3, -0.25) is 9.59 Å². The van der Waals surface area contributed by atoms with E-state index in [0.717, 1.165) is 0 Å². The first-order valence-electron chi connectivity index (χ1n) is 5.66. The molecular weight excluding hydrogens is 250 g/mol. The van der Waals surface area contributed by atoms with Crippen LogP contribution in [-0.2, 0) is 4.79 Å². The van der Waals surface area contributed by atoms with E-state index in [4.69, 9.17) is 5.73 Å². The van der Waals surface area contributed by atoms with Gasteiger partial charge >= 0.3 is 0 Å². The number of nitrogens with one attached hydrogen (secondary N) is 1. The third kappa shape index (κ3) is 4.12. The van der Waals surface area contributed by atoms with Gasteiger partial charge in [-0.1, -0.05) is 6.07 Å². The molecule has 0 aromatic carbocycles. The number of carbonyl (C=O) groups excluding carboxylic acids is 2. The summed E-state index contributed by atoms with van der Waals surface area (Å²) >= 11 is 1.36. The van der Waals surface area contributed by atoms with Crippen LogP contribution in [0.5, 0.6) is 0 Å². The van der Waals surface area contributed by atoms with Crippen LogP contribution in [0.15, 0.2) is 17.5 Å². The van der Waals surface area contributed by atoms with Gasteiger partial charge in [-0.25, -0.2) is 0 Å². The first-order valence-corrected chi connectivity index (χ1v) is 6.54. The van der Waals surface area contributed by atoms with Gasteiger partial charge in [-0.15, -0.1) is 11.3 Å². The van der Waals surface area contributed by atoms with E-state index in [1.165, 1.54) is 16.2 Å². The Morgan fingerprint density at radius 1 is 1.50 bits per heavy atom. The largest absolute Gasteiger partial charge is 0.348 e. The minimum atomic E-state index is -0.454. The molecule has 5 nitrogen and oxygen atoms in total. The van der Waals surface area contributed by atoms with Crippen LogP contribution in [0.2, 0.25) is 0 Å². The van der Waals surface area contributed by atoms with E-state index < -0.39 is 5.54 Å². The van der Waals surface area contributed by atoms with E-state index in [2.05, 4.69) is 5.32 Å². The second kappa shape index (κ2) is 5.97. The molecule has 0 saturated carbocycles. The Balaban J connectivity index is 2.52. The molecule has 18 heavy (non-hydrogen) atoms. The summed E-state index contributed by atoms with van der Waals surface area (Å²) in [6.45, 7) is 4.06. The van der Waals surface area contributed by atoms with E-state index in [0.29, 0.717) is 11.4 Å². The van der Waals surface area contributed by atoms with Gasteiger partial charge < -0.3 is 16.0 Å². The molecule has 2 amide bonds. The van der Waals surface area contributed by atoms with Gasteiger partial charge in [0.15, 0.2) is 0 Å². The minimum Gasteiger partial charge on any atom is -0.348 e. The maximum absolute atomic E-state index is 11.9. The van der Waals surface area contributed by atoms with Crippen LogP contribution in [0.25, 0.3) is 0 Å². The van der Waals surface area contributed by atoms with Gasteiger partial charge in [0.2, 0.25) is 5.91 Å². The van der Waals surface area contributed by atoms with Crippen LogP contribution < -0.4 is 11.1 Å². The zero-order valence-electron chi connectivity index (χ0n) is 10.9. The molecule has 0 aliphatic heterocycles. The van der Waals surface area contributed by atoms with Crippen molar-refractivity contribution in [3.05, 3.63) is 22.4 Å². The monoisotopic (exact) mass is 269 g/mol. The van der Waals surface area contributed by atoms with Gasteiger partial charge in [0, 0.05) is 19.1 Å². The molecule has 3 N–H and O–H groups in total. The normalized spacial score (nSPS) is 11.1. The minimum absolute atomic E-state index is 0.0279. The fourth-order valence-corrected chi connectivity index (χ4v) is 2.06. The number of nitrogens with zero attached hydrogens (tertiary/aromatic N) is 1. The Labute approximate surface area is 111 Å². The van der Waals surface area contributed by atoms with Crippen molar-refractivity contribution in [2.45, 2.75) is 19.4 Å². The molecule has 0 unspecified atom stereocenters. The highest BCUT2D eigenvalue weighted by Gasteiger charge is 2.21. The molecular formula is C12H19N3O2S. The quantitative estimate of drug-likeness (QED) is 0.825. The smallest absolute Gasteiger partial charge is 0.264 e. The van der Waals surface area contributed by atoms with Crippen molar-refractivity contribution in [3.8, 4) is 0 Å². The topological polar surface area (TPSA) is 75.4 Å². The zero-order valence-corrected chi connectivity index (χ0v) is 11.7. The number of likely N-dealkylation sites (N-methyl/N-ethyl adjacent to an activating group) is 1. The number of hydrogen-bond donors (Lipinski definition) is 2. The van der Waals surface area contributed by atoms with Crippen LogP contribution in [0, 0.1) is 0 Å². The summed E-state index contributed by atoms with van der Waals surface area (Å²) in [7, 11) is 1.61. The van der Waals surface area contributed by atoms with Gasteiger partial charge in [0.1, 0.15) is 0 Å². The molecule has 0 bridgehead atoms. The van der Waals surface area contributed by atoms with Gasteiger partial charge in [-0.05, 0) is 25.3 Å². The lowest BCUT2D eigenvalue weighted by Gasteiger charge is -2.25. The fraction of sp³-hybridized carbons (Fsp3) is 0.500. The molecule has 0 spiro atoms. The molecule has 0 aliphatic rings. The Morgan fingerprint density at radius 2 is 2.17 bits per heavy atom. The molecule has 1 aromatic heterocycles. The highest BCUT2D eigenvalue weighted by Crippen LogP contribution is 2.10. The second-order valence-corrected chi connectivity index (χ2v) is 5.72. The summed E-state index contributed by atoms with van der Waals surface area (Å²) in [6, 6.07) is 3.55. The van der Waals surface area contributed by atoms with Crippen molar-refractivity contribution in [1.29, 1.82) is 0 Å². The van der Waals surface area contributed by atoms with Crippen LogP contribution in [0.1, 0.15) is 23.5 Å². The molecule has 0 radical (unpaired) electrons. The predicted octanol–water partition coefficient (Wildman–Crippen LogP) is 0.674. The highest BCUT2D eigenvalue weighted by molar-refractivity contribution is 7.12. The van der Waals surface area contributed by atoms with Crippen molar-refractivity contribution >= 4 is 23.2 Å². The van der Waals surface area contributed by atoms with E-state index in [9.17, 15) is 9.59 Å². The highest BCUT2D eigenvalue weighted by atomic mass is 32.1. The summed E-state index contributed by atoms with van der Waals surface area (Å²) in [5, 5.41) is 4.61. The third-order valence-electron chi connectivity index (χ3n) is 2.45. The fourth-order valence-electron chi connectivity index (χ4n) is 1.34. The molecule has 0 fully saturated rings. The molecule has 6 heteroatoms. The number of hydrogen-bond acceptors (Lipinski definition) is 4. The number of amides is 2. The van der Waals surface area contributed by atoms with Crippen molar-refractivity contribution in [1.82, 2.24) is 10.2 Å². The molecule has 0 saturated heterocycles. The van der Waals surface area contributed by atoms with Crippen molar-refractivity contribution < 1.29 is 9.59 Å². The van der Waals surface area contributed by atoms with Crippen molar-refractivity contribution in [2.24, 2.45) is 5.73 Å². The van der Waals surface area contributed by atoms with Gasteiger partial charge in [0.25, 0.3) is 5.91 Å². The second-order valence-electron chi connectivity index (χ2n) is 4.77. The first-order chi connectivity index (χ1) is 8.35. The summed E-state index contributed by atoms with van der Waals surface area (Å²) in [6.07, 6.45) is 0. The molecule has 0 aliphatic carbocycles. The summed E-state index contributed by atoms with van der Waals surface area (Å²) in [4.78, 5) is 25.7. The number of thiophene rings is 1. The molecule has 1 rings (SSSR count). The van der Waals surface area contributed by atoms with Crippen LogP contribution in [0.3, 0.4) is 0 Å². The average Bonchev–Trinajstić information content (AvgIpc) is 2.80. The lowest BCUT2D eigenvalue weighted by atomic mass is 10.1. The van der Waals surface area contributed by atoms with Crippen LogP contribution in [0.4, 0.5) is 0 Å². The first kappa shape index (κ1) is 14.7. The Bertz CT molecular complexity index is 415. The summed E-state index contributed by atoms with van der Waals surface area (Å²) in [5.74, 6) is -0.358. The van der Waals surface area contributed by atoms with Gasteiger partial charge in [-0.2, -0.15) is 0 Å². The van der Waals surface area contributed by atoms with Gasteiger partial charge in [0.05, 0.1) is 11.4 Å². The van der Waals surface area contributed by atoms with E-state index in [-0.39, 0.29) is 18.4 Å². The van der Waals surface area contributed by atoms with E-state index >= 15 is 0 Å². The molecule has 0 atom stereocenters. The zero-order chi connectivity index (χ0) is 13.8. The Hall–Kier alpha value is -1.40. The van der Waals surface area contributed by atoms with Crippen molar-refractivity contribution in [2.75, 3.05) is 20.1 Å². The lowest BCUT2D eigenvalue weighted by molar-refractivity contribution is -0.123. The standard InChI is InChI=1S/C12H19N3O2S/c1-12(2,8-13)14-10(16)7-15(3)11(17)9-5-4-6-18-9/h4-6H,7-8,13H2,1-3H3,(H,14,16). The average molecular weight is 269 g/mol. The third-order valence-corrected chi connectivity index (χ3v) is 3.31.